The standard InChI is InChI=1S/C13H26N2O3/c1-4-11(5-2)14-13(17)8-15-6-10(3)18-12(7-15)9-16/h10-12,16H,4-9H2,1-3H3,(H,14,17). The zero-order valence-electron chi connectivity index (χ0n) is 11.7. The van der Waals surface area contributed by atoms with Gasteiger partial charge >= 0.3 is 0 Å². The molecule has 1 amide bonds. The molecule has 1 saturated heterocycles. The van der Waals surface area contributed by atoms with Gasteiger partial charge in [-0.3, -0.25) is 9.69 Å². The van der Waals surface area contributed by atoms with Crippen LogP contribution in [-0.2, 0) is 9.53 Å². The Morgan fingerprint density at radius 2 is 2.11 bits per heavy atom. The van der Waals surface area contributed by atoms with Crippen LogP contribution in [0, 0.1) is 0 Å². The van der Waals surface area contributed by atoms with Gasteiger partial charge in [0, 0.05) is 19.1 Å². The summed E-state index contributed by atoms with van der Waals surface area (Å²) in [6.45, 7) is 7.88. The molecule has 106 valence electrons. The summed E-state index contributed by atoms with van der Waals surface area (Å²) in [6.07, 6.45) is 1.81. The number of aliphatic hydroxyl groups excluding tert-OH is 1. The molecule has 2 atom stereocenters. The smallest absolute Gasteiger partial charge is 0.234 e. The van der Waals surface area contributed by atoms with E-state index in [-0.39, 0.29) is 30.8 Å². The molecule has 0 saturated carbocycles. The lowest BCUT2D eigenvalue weighted by Crippen LogP contribution is -2.51. The Balaban J connectivity index is 2.38. The number of nitrogens with one attached hydrogen (secondary N) is 1. The number of morpholine rings is 1. The second kappa shape index (κ2) is 7.71. The summed E-state index contributed by atoms with van der Waals surface area (Å²) in [5, 5.41) is 12.2. The Kier molecular flexibility index (Phi) is 6.60. The van der Waals surface area contributed by atoms with E-state index >= 15 is 0 Å². The second-order valence-electron chi connectivity index (χ2n) is 5.03. The number of rotatable bonds is 6. The molecular formula is C13H26N2O3. The molecule has 1 fully saturated rings. The Labute approximate surface area is 109 Å². The molecule has 2 unspecified atom stereocenters. The van der Waals surface area contributed by atoms with Crippen molar-refractivity contribution < 1.29 is 14.6 Å². The van der Waals surface area contributed by atoms with Crippen LogP contribution in [0.4, 0.5) is 0 Å². The minimum atomic E-state index is -0.172. The van der Waals surface area contributed by atoms with Crippen LogP contribution < -0.4 is 5.32 Å². The Bertz CT molecular complexity index is 257. The molecule has 0 aliphatic carbocycles. The van der Waals surface area contributed by atoms with E-state index in [4.69, 9.17) is 9.84 Å². The maximum Gasteiger partial charge on any atom is 0.234 e. The van der Waals surface area contributed by atoms with Crippen LogP contribution in [0.15, 0.2) is 0 Å². The monoisotopic (exact) mass is 258 g/mol. The van der Waals surface area contributed by atoms with Crippen LogP contribution in [-0.4, -0.2) is 60.4 Å². The number of ether oxygens (including phenoxy) is 1. The summed E-state index contributed by atoms with van der Waals surface area (Å²) in [6, 6.07) is 0.268. The van der Waals surface area contributed by atoms with Crippen LogP contribution in [0.2, 0.25) is 0 Å². The van der Waals surface area contributed by atoms with Crippen molar-refractivity contribution in [2.45, 2.75) is 51.9 Å². The first kappa shape index (κ1) is 15.4. The fraction of sp³-hybridized carbons (Fsp3) is 0.923. The van der Waals surface area contributed by atoms with Crippen LogP contribution in [0.5, 0.6) is 0 Å². The summed E-state index contributed by atoms with van der Waals surface area (Å²) in [4.78, 5) is 13.9. The number of carbonyl (C=O) groups is 1. The topological polar surface area (TPSA) is 61.8 Å². The third-order valence-electron chi connectivity index (χ3n) is 3.32. The van der Waals surface area contributed by atoms with Gasteiger partial charge in [0.25, 0.3) is 0 Å². The molecule has 0 aromatic heterocycles. The highest BCUT2D eigenvalue weighted by atomic mass is 16.5. The number of hydrogen-bond donors (Lipinski definition) is 2. The van der Waals surface area contributed by atoms with E-state index in [1.807, 2.05) is 11.8 Å². The molecule has 1 rings (SSSR count). The summed E-state index contributed by atoms with van der Waals surface area (Å²) in [5.74, 6) is 0.0643. The molecule has 1 aliphatic heterocycles. The van der Waals surface area contributed by atoms with Gasteiger partial charge in [0.1, 0.15) is 0 Å². The molecule has 5 heteroatoms. The maximum absolute atomic E-state index is 11.9. The summed E-state index contributed by atoms with van der Waals surface area (Å²) in [7, 11) is 0. The molecule has 0 aromatic rings. The molecule has 0 spiro atoms. The quantitative estimate of drug-likeness (QED) is 0.723. The number of hydrogen-bond acceptors (Lipinski definition) is 4. The van der Waals surface area contributed by atoms with E-state index in [9.17, 15) is 4.79 Å². The van der Waals surface area contributed by atoms with E-state index in [1.54, 1.807) is 0 Å². The van der Waals surface area contributed by atoms with Gasteiger partial charge in [-0.2, -0.15) is 0 Å². The highest BCUT2D eigenvalue weighted by Gasteiger charge is 2.26. The van der Waals surface area contributed by atoms with Crippen LogP contribution in [0.25, 0.3) is 0 Å². The molecular weight excluding hydrogens is 232 g/mol. The minimum absolute atomic E-state index is 0.00893. The number of amides is 1. The van der Waals surface area contributed by atoms with E-state index in [0.29, 0.717) is 13.1 Å². The zero-order valence-corrected chi connectivity index (χ0v) is 11.7. The van der Waals surface area contributed by atoms with Gasteiger partial charge in [0.2, 0.25) is 5.91 Å². The molecule has 2 N–H and O–H groups in total. The first-order chi connectivity index (χ1) is 8.58. The van der Waals surface area contributed by atoms with Crippen molar-refractivity contribution in [2.75, 3.05) is 26.2 Å². The van der Waals surface area contributed by atoms with Crippen LogP contribution in [0.1, 0.15) is 33.6 Å². The minimum Gasteiger partial charge on any atom is -0.394 e. The van der Waals surface area contributed by atoms with Gasteiger partial charge in [-0.25, -0.2) is 0 Å². The van der Waals surface area contributed by atoms with Gasteiger partial charge < -0.3 is 15.2 Å². The average Bonchev–Trinajstić information content (AvgIpc) is 2.35. The fourth-order valence-corrected chi connectivity index (χ4v) is 2.34. The Morgan fingerprint density at radius 3 is 2.67 bits per heavy atom. The third-order valence-corrected chi connectivity index (χ3v) is 3.32. The first-order valence-electron chi connectivity index (χ1n) is 6.87. The van der Waals surface area contributed by atoms with Crippen LogP contribution in [0.3, 0.4) is 0 Å². The second-order valence-corrected chi connectivity index (χ2v) is 5.03. The SMILES string of the molecule is CCC(CC)NC(=O)CN1CC(C)OC(CO)C1. The van der Waals surface area contributed by atoms with Crippen molar-refractivity contribution in [3.05, 3.63) is 0 Å². The molecule has 18 heavy (non-hydrogen) atoms. The lowest BCUT2D eigenvalue weighted by molar-refractivity contribution is -0.129. The van der Waals surface area contributed by atoms with Gasteiger partial charge in [-0.15, -0.1) is 0 Å². The van der Waals surface area contributed by atoms with Crippen molar-refractivity contribution in [1.29, 1.82) is 0 Å². The van der Waals surface area contributed by atoms with Crippen molar-refractivity contribution in [2.24, 2.45) is 0 Å². The lowest BCUT2D eigenvalue weighted by atomic mass is 10.1. The molecule has 0 radical (unpaired) electrons. The molecule has 0 bridgehead atoms. The highest BCUT2D eigenvalue weighted by molar-refractivity contribution is 5.78. The predicted molar refractivity (Wildman–Crippen MR) is 70.4 cm³/mol. The Morgan fingerprint density at radius 1 is 1.44 bits per heavy atom. The summed E-state index contributed by atoms with van der Waals surface area (Å²) < 4.78 is 5.55. The van der Waals surface area contributed by atoms with Crippen LogP contribution >= 0.6 is 0 Å². The summed E-state index contributed by atoms with van der Waals surface area (Å²) in [5.41, 5.74) is 0. The predicted octanol–water partition coefficient (Wildman–Crippen LogP) is 0.373. The van der Waals surface area contributed by atoms with Gasteiger partial charge in [0.05, 0.1) is 25.4 Å². The molecule has 1 heterocycles. The van der Waals surface area contributed by atoms with Crippen molar-refractivity contribution in [3.63, 3.8) is 0 Å². The number of aliphatic hydroxyl groups is 1. The lowest BCUT2D eigenvalue weighted by Gasteiger charge is -2.35. The van der Waals surface area contributed by atoms with E-state index in [1.165, 1.54) is 0 Å². The zero-order chi connectivity index (χ0) is 13.5. The number of carbonyl (C=O) groups excluding carboxylic acids is 1. The van der Waals surface area contributed by atoms with Crippen molar-refractivity contribution in [3.8, 4) is 0 Å². The van der Waals surface area contributed by atoms with E-state index in [0.717, 1.165) is 19.4 Å². The largest absolute Gasteiger partial charge is 0.394 e. The first-order valence-corrected chi connectivity index (χ1v) is 6.87. The van der Waals surface area contributed by atoms with Gasteiger partial charge in [-0.1, -0.05) is 13.8 Å². The van der Waals surface area contributed by atoms with Crippen molar-refractivity contribution >= 4 is 5.91 Å². The number of nitrogens with zero attached hydrogens (tertiary/aromatic N) is 1. The molecule has 5 nitrogen and oxygen atoms in total. The summed E-state index contributed by atoms with van der Waals surface area (Å²) >= 11 is 0. The third kappa shape index (κ3) is 4.92. The van der Waals surface area contributed by atoms with E-state index in [2.05, 4.69) is 19.2 Å². The highest BCUT2D eigenvalue weighted by Crippen LogP contribution is 2.10. The normalized spacial score (nSPS) is 25.4. The van der Waals surface area contributed by atoms with Gasteiger partial charge in [-0.05, 0) is 19.8 Å². The molecule has 0 aromatic carbocycles. The average molecular weight is 258 g/mol. The molecule has 1 aliphatic rings. The maximum atomic E-state index is 11.9. The van der Waals surface area contributed by atoms with E-state index < -0.39 is 0 Å². The van der Waals surface area contributed by atoms with Crippen molar-refractivity contribution in [1.82, 2.24) is 10.2 Å². The Hall–Kier alpha value is -0.650. The fourth-order valence-electron chi connectivity index (χ4n) is 2.34. The van der Waals surface area contributed by atoms with Gasteiger partial charge in [0.15, 0.2) is 0 Å².